The van der Waals surface area contributed by atoms with E-state index in [0.29, 0.717) is 16.8 Å². The van der Waals surface area contributed by atoms with Gasteiger partial charge in [-0.1, -0.05) is 0 Å². The molecule has 0 saturated carbocycles. The fourth-order valence-electron chi connectivity index (χ4n) is 1.43. The maximum Gasteiger partial charge on any atom is 0.341 e. The third-order valence-corrected chi connectivity index (χ3v) is 2.13. The lowest BCUT2D eigenvalue weighted by atomic mass is 10.2. The van der Waals surface area contributed by atoms with Crippen molar-refractivity contribution in [3.63, 3.8) is 0 Å². The van der Waals surface area contributed by atoms with Gasteiger partial charge in [-0.3, -0.25) is 0 Å². The molecule has 2 rings (SSSR count). The Morgan fingerprint density at radius 3 is 2.93 bits per heavy atom. The minimum Gasteiger partial charge on any atom is -0.422 e. The van der Waals surface area contributed by atoms with E-state index in [4.69, 9.17) is 14.9 Å². The molecule has 0 radical (unpaired) electrons. The molecule has 4 nitrogen and oxygen atoms in total. The molecule has 2 aromatic rings. The molecule has 0 fully saturated rings. The Morgan fingerprint density at radius 1 is 1.40 bits per heavy atom. The first-order valence-corrected chi connectivity index (χ1v) is 4.52. The van der Waals surface area contributed by atoms with Crippen LogP contribution in [0.2, 0.25) is 0 Å². The van der Waals surface area contributed by atoms with Crippen molar-refractivity contribution in [1.29, 1.82) is 0 Å². The number of ether oxygens (including phenoxy) is 1. The Labute approximate surface area is 86.3 Å². The van der Waals surface area contributed by atoms with E-state index in [-0.39, 0.29) is 12.2 Å². The van der Waals surface area contributed by atoms with Gasteiger partial charge in [0.2, 0.25) is 0 Å². The molecule has 0 aliphatic rings. The summed E-state index contributed by atoms with van der Waals surface area (Å²) in [6.07, 6.45) is 0. The third kappa shape index (κ3) is 1.85. The van der Waals surface area contributed by atoms with Crippen LogP contribution in [0.5, 0.6) is 0 Å². The molecule has 0 bridgehead atoms. The van der Waals surface area contributed by atoms with Crippen LogP contribution in [0.3, 0.4) is 0 Å². The number of fused-ring (bicyclic) bond motifs is 1. The SMILES string of the molecule is COCc1cc2ccc(N)cc2oc1=O. The van der Waals surface area contributed by atoms with Gasteiger partial charge in [-0.25, -0.2) is 4.79 Å². The Bertz CT molecular complexity index is 545. The smallest absolute Gasteiger partial charge is 0.341 e. The highest BCUT2D eigenvalue weighted by Crippen LogP contribution is 2.16. The molecule has 2 N–H and O–H groups in total. The minimum atomic E-state index is -0.380. The van der Waals surface area contributed by atoms with E-state index in [1.54, 1.807) is 18.2 Å². The molecule has 78 valence electrons. The summed E-state index contributed by atoms with van der Waals surface area (Å²) in [6.45, 7) is 0.253. The van der Waals surface area contributed by atoms with Crippen molar-refractivity contribution in [2.24, 2.45) is 0 Å². The van der Waals surface area contributed by atoms with Gasteiger partial charge in [0, 0.05) is 24.2 Å². The Balaban J connectivity index is 2.65. The molecule has 1 aromatic heterocycles. The molecule has 1 heterocycles. The molecule has 1 aromatic carbocycles. The Kier molecular flexibility index (Phi) is 2.43. The van der Waals surface area contributed by atoms with Crippen LogP contribution in [0, 0.1) is 0 Å². The fraction of sp³-hybridized carbons (Fsp3) is 0.182. The van der Waals surface area contributed by atoms with Crippen LogP contribution >= 0.6 is 0 Å². The third-order valence-electron chi connectivity index (χ3n) is 2.13. The van der Waals surface area contributed by atoms with Gasteiger partial charge in [0.05, 0.1) is 12.2 Å². The van der Waals surface area contributed by atoms with Gasteiger partial charge < -0.3 is 14.9 Å². The van der Waals surface area contributed by atoms with E-state index in [1.165, 1.54) is 7.11 Å². The van der Waals surface area contributed by atoms with Crippen molar-refractivity contribution < 1.29 is 9.15 Å². The maximum atomic E-state index is 11.4. The first-order chi connectivity index (χ1) is 7.20. The van der Waals surface area contributed by atoms with Crippen LogP contribution in [-0.2, 0) is 11.3 Å². The van der Waals surface area contributed by atoms with E-state index in [1.807, 2.05) is 6.07 Å². The van der Waals surface area contributed by atoms with Crippen LogP contribution in [0.25, 0.3) is 11.0 Å². The summed E-state index contributed by atoms with van der Waals surface area (Å²) in [5.41, 5.74) is 6.79. The van der Waals surface area contributed by atoms with Crippen LogP contribution < -0.4 is 11.4 Å². The van der Waals surface area contributed by atoms with E-state index < -0.39 is 0 Å². The lowest BCUT2D eigenvalue weighted by molar-refractivity contribution is 0.182. The highest BCUT2D eigenvalue weighted by atomic mass is 16.5. The van der Waals surface area contributed by atoms with Crippen LogP contribution in [0.4, 0.5) is 5.69 Å². The van der Waals surface area contributed by atoms with Crippen molar-refractivity contribution in [2.75, 3.05) is 12.8 Å². The number of nitrogen functional groups attached to an aromatic ring is 1. The molecule has 0 amide bonds. The van der Waals surface area contributed by atoms with Crippen molar-refractivity contribution in [2.45, 2.75) is 6.61 Å². The first kappa shape index (κ1) is 9.73. The number of nitrogens with two attached hydrogens (primary N) is 1. The van der Waals surface area contributed by atoms with Gasteiger partial charge in [0.15, 0.2) is 0 Å². The molecular weight excluding hydrogens is 194 g/mol. The summed E-state index contributed by atoms with van der Waals surface area (Å²) in [5.74, 6) is 0. The Hall–Kier alpha value is -1.81. The topological polar surface area (TPSA) is 65.5 Å². The highest BCUT2D eigenvalue weighted by Gasteiger charge is 2.04. The zero-order valence-corrected chi connectivity index (χ0v) is 8.32. The summed E-state index contributed by atoms with van der Waals surface area (Å²) in [6, 6.07) is 6.96. The van der Waals surface area contributed by atoms with Crippen LogP contribution in [0.1, 0.15) is 5.56 Å². The molecule has 0 atom stereocenters. The molecule has 0 aliphatic carbocycles. The van der Waals surface area contributed by atoms with Gasteiger partial charge in [-0.2, -0.15) is 0 Å². The Morgan fingerprint density at radius 2 is 2.20 bits per heavy atom. The molecule has 15 heavy (non-hydrogen) atoms. The molecule has 4 heteroatoms. The normalized spacial score (nSPS) is 10.7. The summed E-state index contributed by atoms with van der Waals surface area (Å²) in [4.78, 5) is 11.4. The summed E-state index contributed by atoms with van der Waals surface area (Å²) in [5, 5.41) is 0.843. The number of benzene rings is 1. The molecule has 0 unspecified atom stereocenters. The van der Waals surface area contributed by atoms with Crippen molar-refractivity contribution in [1.82, 2.24) is 0 Å². The largest absolute Gasteiger partial charge is 0.422 e. The minimum absolute atomic E-state index is 0.253. The van der Waals surface area contributed by atoms with Crippen LogP contribution in [-0.4, -0.2) is 7.11 Å². The van der Waals surface area contributed by atoms with Gasteiger partial charge in [-0.15, -0.1) is 0 Å². The summed E-state index contributed by atoms with van der Waals surface area (Å²) < 4.78 is 10.0. The first-order valence-electron chi connectivity index (χ1n) is 4.52. The predicted molar refractivity (Wildman–Crippen MR) is 57.6 cm³/mol. The van der Waals surface area contributed by atoms with Gasteiger partial charge in [0.1, 0.15) is 5.58 Å². The number of anilines is 1. The van der Waals surface area contributed by atoms with Crippen molar-refractivity contribution in [3.05, 3.63) is 40.2 Å². The second-order valence-corrected chi connectivity index (χ2v) is 3.29. The number of methoxy groups -OCH3 is 1. The average molecular weight is 205 g/mol. The quantitative estimate of drug-likeness (QED) is 0.596. The molecule has 0 saturated heterocycles. The van der Waals surface area contributed by atoms with Crippen molar-refractivity contribution in [3.8, 4) is 0 Å². The van der Waals surface area contributed by atoms with E-state index in [2.05, 4.69) is 0 Å². The lowest BCUT2D eigenvalue weighted by Crippen LogP contribution is -2.07. The van der Waals surface area contributed by atoms with Gasteiger partial charge in [0.25, 0.3) is 0 Å². The summed E-state index contributed by atoms with van der Waals surface area (Å²) >= 11 is 0. The zero-order valence-electron chi connectivity index (χ0n) is 8.32. The monoisotopic (exact) mass is 205 g/mol. The predicted octanol–water partition coefficient (Wildman–Crippen LogP) is 1.52. The summed E-state index contributed by atoms with van der Waals surface area (Å²) in [7, 11) is 1.53. The molecule has 0 aliphatic heterocycles. The van der Waals surface area contributed by atoms with Crippen molar-refractivity contribution >= 4 is 16.7 Å². The second-order valence-electron chi connectivity index (χ2n) is 3.29. The van der Waals surface area contributed by atoms with Crippen LogP contribution in [0.15, 0.2) is 33.5 Å². The van der Waals surface area contributed by atoms with Gasteiger partial charge >= 0.3 is 5.63 Å². The number of hydrogen-bond acceptors (Lipinski definition) is 4. The second kappa shape index (κ2) is 3.74. The molecular formula is C11H11NO3. The average Bonchev–Trinajstić information content (AvgIpc) is 2.20. The van der Waals surface area contributed by atoms with E-state index in [0.717, 1.165) is 5.39 Å². The highest BCUT2D eigenvalue weighted by molar-refractivity contribution is 5.80. The standard InChI is InChI=1S/C11H11NO3/c1-14-6-8-4-7-2-3-9(12)5-10(7)15-11(8)13/h2-5H,6,12H2,1H3. The number of rotatable bonds is 2. The number of hydrogen-bond donors (Lipinski definition) is 1. The zero-order chi connectivity index (χ0) is 10.8. The van der Waals surface area contributed by atoms with E-state index in [9.17, 15) is 4.79 Å². The molecule has 0 spiro atoms. The lowest BCUT2D eigenvalue weighted by Gasteiger charge is -2.01. The maximum absolute atomic E-state index is 11.4. The van der Waals surface area contributed by atoms with Gasteiger partial charge in [-0.05, 0) is 18.2 Å². The fourth-order valence-corrected chi connectivity index (χ4v) is 1.43. The van der Waals surface area contributed by atoms with E-state index >= 15 is 0 Å².